The van der Waals surface area contributed by atoms with Crippen LogP contribution in [0.4, 0.5) is 0 Å². The quantitative estimate of drug-likeness (QED) is 0.754. The summed E-state index contributed by atoms with van der Waals surface area (Å²) in [5.74, 6) is 0.942. The highest BCUT2D eigenvalue weighted by Gasteiger charge is 2.26. The van der Waals surface area contributed by atoms with Crippen LogP contribution in [0.15, 0.2) is 0 Å². The van der Waals surface area contributed by atoms with E-state index in [1.54, 1.807) is 0 Å². The van der Waals surface area contributed by atoms with E-state index < -0.39 is 0 Å². The number of hydrogen-bond acceptors (Lipinski definition) is 2. The minimum atomic E-state index is -0.353. The second-order valence-electron chi connectivity index (χ2n) is 5.25. The fourth-order valence-corrected chi connectivity index (χ4v) is 2.41. The van der Waals surface area contributed by atoms with Gasteiger partial charge in [0.25, 0.3) is 0 Å². The number of hydrogen-bond donors (Lipinski definition) is 2. The van der Waals surface area contributed by atoms with Crippen LogP contribution >= 0.6 is 0 Å². The first-order valence-corrected chi connectivity index (χ1v) is 6.62. The smallest absolute Gasteiger partial charge is 0.237 e. The first-order chi connectivity index (χ1) is 7.56. The largest absolute Gasteiger partial charge is 0.352 e. The zero-order valence-corrected chi connectivity index (χ0v) is 10.8. The molecule has 1 aliphatic rings. The lowest BCUT2D eigenvalue weighted by atomic mass is 9.96. The molecular formula is C13H26N2O. The maximum absolute atomic E-state index is 11.9. The van der Waals surface area contributed by atoms with Gasteiger partial charge in [0.2, 0.25) is 5.91 Å². The van der Waals surface area contributed by atoms with Crippen LogP contribution in [0.1, 0.15) is 52.9 Å². The molecule has 0 aliphatic heterocycles. The van der Waals surface area contributed by atoms with Crippen molar-refractivity contribution in [2.45, 2.75) is 65.0 Å². The summed E-state index contributed by atoms with van der Waals surface area (Å²) in [6, 6.07) is -0.0704. The third-order valence-corrected chi connectivity index (χ3v) is 4.04. The van der Waals surface area contributed by atoms with Gasteiger partial charge in [-0.2, -0.15) is 0 Å². The van der Waals surface area contributed by atoms with Crippen molar-refractivity contribution in [3.63, 3.8) is 0 Å². The lowest BCUT2D eigenvalue weighted by Gasteiger charge is -2.24. The molecule has 94 valence electrons. The summed E-state index contributed by atoms with van der Waals surface area (Å²) in [7, 11) is 0. The average molecular weight is 226 g/mol. The Morgan fingerprint density at radius 2 is 1.94 bits per heavy atom. The third kappa shape index (κ3) is 3.48. The van der Waals surface area contributed by atoms with Gasteiger partial charge in [-0.05, 0) is 31.6 Å². The van der Waals surface area contributed by atoms with Crippen LogP contribution in [-0.4, -0.2) is 18.0 Å². The summed E-state index contributed by atoms with van der Waals surface area (Å²) in [5.41, 5.74) is 5.91. The molecule has 1 unspecified atom stereocenters. The van der Waals surface area contributed by atoms with E-state index in [-0.39, 0.29) is 23.9 Å². The van der Waals surface area contributed by atoms with E-state index in [1.165, 1.54) is 25.7 Å². The lowest BCUT2D eigenvalue weighted by Crippen LogP contribution is -2.49. The van der Waals surface area contributed by atoms with Crippen molar-refractivity contribution in [1.82, 2.24) is 5.32 Å². The molecule has 1 rings (SSSR count). The monoisotopic (exact) mass is 226 g/mol. The van der Waals surface area contributed by atoms with E-state index in [1.807, 2.05) is 6.92 Å². The van der Waals surface area contributed by atoms with Crippen molar-refractivity contribution in [3.8, 4) is 0 Å². The van der Waals surface area contributed by atoms with Crippen molar-refractivity contribution in [2.24, 2.45) is 17.6 Å². The van der Waals surface area contributed by atoms with Gasteiger partial charge in [0.1, 0.15) is 0 Å². The van der Waals surface area contributed by atoms with Crippen LogP contribution in [0, 0.1) is 11.8 Å². The van der Waals surface area contributed by atoms with Gasteiger partial charge in [0, 0.05) is 6.04 Å². The lowest BCUT2D eigenvalue weighted by molar-refractivity contribution is -0.124. The van der Waals surface area contributed by atoms with Crippen LogP contribution in [0.25, 0.3) is 0 Å². The molecule has 3 heteroatoms. The van der Waals surface area contributed by atoms with Crippen molar-refractivity contribution in [2.75, 3.05) is 0 Å². The van der Waals surface area contributed by atoms with Crippen molar-refractivity contribution in [3.05, 3.63) is 0 Å². The first kappa shape index (κ1) is 13.5. The molecule has 3 atom stereocenters. The van der Waals surface area contributed by atoms with E-state index in [9.17, 15) is 4.79 Å². The first-order valence-electron chi connectivity index (χ1n) is 6.62. The highest BCUT2D eigenvalue weighted by Crippen LogP contribution is 2.27. The number of nitrogens with two attached hydrogens (primary N) is 1. The summed E-state index contributed by atoms with van der Waals surface area (Å²) in [4.78, 5) is 11.9. The molecule has 0 aromatic carbocycles. The maximum Gasteiger partial charge on any atom is 0.237 e. The average Bonchev–Trinajstić information content (AvgIpc) is 2.80. The molecule has 3 nitrogen and oxygen atoms in total. The van der Waals surface area contributed by atoms with Gasteiger partial charge >= 0.3 is 0 Å². The summed E-state index contributed by atoms with van der Waals surface area (Å²) >= 11 is 0. The van der Waals surface area contributed by atoms with E-state index in [0.717, 1.165) is 6.42 Å². The molecule has 0 saturated heterocycles. The fourth-order valence-electron chi connectivity index (χ4n) is 2.41. The van der Waals surface area contributed by atoms with Gasteiger partial charge in [-0.1, -0.05) is 33.1 Å². The number of rotatable bonds is 5. The van der Waals surface area contributed by atoms with Crippen LogP contribution in [0.2, 0.25) is 0 Å². The zero-order chi connectivity index (χ0) is 12.1. The molecule has 3 N–H and O–H groups in total. The second-order valence-corrected chi connectivity index (χ2v) is 5.25. The molecule has 0 radical (unpaired) electrons. The highest BCUT2D eigenvalue weighted by atomic mass is 16.2. The number of carbonyl (C=O) groups is 1. The molecule has 0 aromatic rings. The second kappa shape index (κ2) is 6.24. The maximum atomic E-state index is 11.9. The Morgan fingerprint density at radius 3 is 2.44 bits per heavy atom. The SMILES string of the molecule is CCC(C)[C@H](N)C(=O)N[C@H](C)C1CCCC1. The molecule has 1 saturated carbocycles. The third-order valence-electron chi connectivity index (χ3n) is 4.04. The Bertz CT molecular complexity index is 224. The van der Waals surface area contributed by atoms with Crippen LogP contribution < -0.4 is 11.1 Å². The standard InChI is InChI=1S/C13H26N2O/c1-4-9(2)12(14)13(16)15-10(3)11-7-5-6-8-11/h9-12H,4-8,14H2,1-3H3,(H,15,16)/t9?,10-,12+/m1/s1. The molecule has 0 spiro atoms. The minimum Gasteiger partial charge on any atom is -0.352 e. The topological polar surface area (TPSA) is 55.1 Å². The predicted octanol–water partition coefficient (Wildman–Crippen LogP) is 2.05. The van der Waals surface area contributed by atoms with E-state index >= 15 is 0 Å². The highest BCUT2D eigenvalue weighted by molar-refractivity contribution is 5.82. The molecule has 0 aromatic heterocycles. The van der Waals surface area contributed by atoms with Crippen molar-refractivity contribution >= 4 is 5.91 Å². The summed E-state index contributed by atoms with van der Waals surface area (Å²) in [6.45, 7) is 6.21. The number of amides is 1. The predicted molar refractivity (Wildman–Crippen MR) is 67.0 cm³/mol. The Labute approximate surface area is 99.2 Å². The Kier molecular flexibility index (Phi) is 5.26. The van der Waals surface area contributed by atoms with Gasteiger partial charge in [0.15, 0.2) is 0 Å². The Hall–Kier alpha value is -0.570. The van der Waals surface area contributed by atoms with Crippen LogP contribution in [0.3, 0.4) is 0 Å². The molecular weight excluding hydrogens is 200 g/mol. The van der Waals surface area contributed by atoms with Gasteiger partial charge in [-0.15, -0.1) is 0 Å². The van der Waals surface area contributed by atoms with Crippen LogP contribution in [0.5, 0.6) is 0 Å². The molecule has 0 bridgehead atoms. The summed E-state index contributed by atoms with van der Waals surface area (Å²) in [5, 5.41) is 3.07. The molecule has 1 aliphatic carbocycles. The molecule has 1 amide bonds. The van der Waals surface area contributed by atoms with E-state index in [4.69, 9.17) is 5.73 Å². The molecule has 0 heterocycles. The Morgan fingerprint density at radius 1 is 1.38 bits per heavy atom. The summed E-state index contributed by atoms with van der Waals surface area (Å²) in [6.07, 6.45) is 6.07. The van der Waals surface area contributed by atoms with E-state index in [2.05, 4.69) is 19.2 Å². The molecule has 16 heavy (non-hydrogen) atoms. The van der Waals surface area contributed by atoms with Crippen molar-refractivity contribution < 1.29 is 4.79 Å². The van der Waals surface area contributed by atoms with Crippen LogP contribution in [-0.2, 0) is 4.79 Å². The number of nitrogens with one attached hydrogen (secondary N) is 1. The van der Waals surface area contributed by atoms with E-state index in [0.29, 0.717) is 5.92 Å². The van der Waals surface area contributed by atoms with Gasteiger partial charge < -0.3 is 11.1 Å². The Balaban J connectivity index is 2.37. The minimum absolute atomic E-state index is 0.0220. The molecule has 1 fully saturated rings. The fraction of sp³-hybridized carbons (Fsp3) is 0.923. The number of carbonyl (C=O) groups excluding carboxylic acids is 1. The van der Waals surface area contributed by atoms with Gasteiger partial charge in [-0.3, -0.25) is 4.79 Å². The van der Waals surface area contributed by atoms with Crippen molar-refractivity contribution in [1.29, 1.82) is 0 Å². The van der Waals surface area contributed by atoms with Gasteiger partial charge in [0.05, 0.1) is 6.04 Å². The normalized spacial score (nSPS) is 22.8. The van der Waals surface area contributed by atoms with Gasteiger partial charge in [-0.25, -0.2) is 0 Å². The summed E-state index contributed by atoms with van der Waals surface area (Å²) < 4.78 is 0. The zero-order valence-electron chi connectivity index (χ0n) is 10.8.